The van der Waals surface area contributed by atoms with E-state index in [-0.39, 0.29) is 6.42 Å². The van der Waals surface area contributed by atoms with Crippen molar-refractivity contribution in [3.05, 3.63) is 23.8 Å². The highest BCUT2D eigenvalue weighted by Gasteiger charge is 2.08. The number of benzene rings is 1. The first-order chi connectivity index (χ1) is 9.17. The molecule has 0 spiro atoms. The summed E-state index contributed by atoms with van der Waals surface area (Å²) < 4.78 is 11.2. The van der Waals surface area contributed by atoms with E-state index in [1.807, 2.05) is 6.92 Å². The molecule has 0 amide bonds. The molecule has 4 heteroatoms. The third-order valence-electron chi connectivity index (χ3n) is 2.67. The standard InChI is InChI=1S/C15H22O4/c1-3-5-6-9-19-13-8-7-12(11-15(16)17)10-14(13)18-4-2/h7-8,10H,3-6,9,11H2,1-2H3,(H,16,17). The van der Waals surface area contributed by atoms with Gasteiger partial charge in [-0.25, -0.2) is 0 Å². The van der Waals surface area contributed by atoms with E-state index in [9.17, 15) is 4.79 Å². The molecule has 1 N–H and O–H groups in total. The Labute approximate surface area is 114 Å². The summed E-state index contributed by atoms with van der Waals surface area (Å²) in [6, 6.07) is 5.30. The number of carboxylic acids is 1. The van der Waals surface area contributed by atoms with Gasteiger partial charge in [-0.2, -0.15) is 0 Å². The second kappa shape index (κ2) is 8.40. The molecule has 106 valence electrons. The zero-order chi connectivity index (χ0) is 14.1. The molecule has 0 bridgehead atoms. The lowest BCUT2D eigenvalue weighted by atomic mass is 10.1. The Morgan fingerprint density at radius 1 is 1.16 bits per heavy atom. The van der Waals surface area contributed by atoms with Crippen LogP contribution >= 0.6 is 0 Å². The van der Waals surface area contributed by atoms with Crippen LogP contribution < -0.4 is 9.47 Å². The number of carbonyl (C=O) groups is 1. The summed E-state index contributed by atoms with van der Waals surface area (Å²) in [6.45, 7) is 5.23. The molecule has 0 aliphatic heterocycles. The van der Waals surface area contributed by atoms with E-state index in [4.69, 9.17) is 14.6 Å². The van der Waals surface area contributed by atoms with Crippen molar-refractivity contribution >= 4 is 5.97 Å². The van der Waals surface area contributed by atoms with Crippen LogP contribution in [-0.4, -0.2) is 24.3 Å². The number of hydrogen-bond acceptors (Lipinski definition) is 3. The van der Waals surface area contributed by atoms with Crippen molar-refractivity contribution < 1.29 is 19.4 Å². The minimum atomic E-state index is -0.848. The molecule has 4 nitrogen and oxygen atoms in total. The number of ether oxygens (including phenoxy) is 2. The molecule has 0 radical (unpaired) electrons. The molecule has 0 unspecified atom stereocenters. The number of rotatable bonds is 9. The molecule has 1 aromatic rings. The van der Waals surface area contributed by atoms with Crippen molar-refractivity contribution in [2.75, 3.05) is 13.2 Å². The molecular weight excluding hydrogens is 244 g/mol. The SMILES string of the molecule is CCCCCOc1ccc(CC(=O)O)cc1OCC. The molecule has 19 heavy (non-hydrogen) atoms. The Bertz CT molecular complexity index is 401. The normalized spacial score (nSPS) is 10.2. The maximum Gasteiger partial charge on any atom is 0.307 e. The van der Waals surface area contributed by atoms with Crippen LogP contribution in [0.5, 0.6) is 11.5 Å². The van der Waals surface area contributed by atoms with Gasteiger partial charge in [0.25, 0.3) is 0 Å². The van der Waals surface area contributed by atoms with Gasteiger partial charge in [-0.1, -0.05) is 25.8 Å². The van der Waals surface area contributed by atoms with E-state index < -0.39 is 5.97 Å². The van der Waals surface area contributed by atoms with Crippen LogP contribution in [0.15, 0.2) is 18.2 Å². The fourth-order valence-electron chi connectivity index (χ4n) is 1.76. The predicted molar refractivity (Wildman–Crippen MR) is 74.0 cm³/mol. The average Bonchev–Trinajstić information content (AvgIpc) is 2.36. The van der Waals surface area contributed by atoms with Gasteiger partial charge < -0.3 is 14.6 Å². The van der Waals surface area contributed by atoms with Gasteiger partial charge in [-0.05, 0) is 31.0 Å². The van der Waals surface area contributed by atoms with Crippen molar-refractivity contribution in [2.45, 2.75) is 39.5 Å². The lowest BCUT2D eigenvalue weighted by molar-refractivity contribution is -0.136. The lowest BCUT2D eigenvalue weighted by Gasteiger charge is -2.13. The summed E-state index contributed by atoms with van der Waals surface area (Å²) in [5, 5.41) is 8.79. The van der Waals surface area contributed by atoms with Crippen LogP contribution in [0.2, 0.25) is 0 Å². The molecule has 0 saturated heterocycles. The molecule has 0 heterocycles. The minimum Gasteiger partial charge on any atom is -0.490 e. The summed E-state index contributed by atoms with van der Waals surface area (Å²) in [7, 11) is 0. The number of unbranched alkanes of at least 4 members (excludes halogenated alkanes) is 2. The number of hydrogen-bond donors (Lipinski definition) is 1. The van der Waals surface area contributed by atoms with E-state index in [1.54, 1.807) is 18.2 Å². The predicted octanol–water partition coefficient (Wildman–Crippen LogP) is 3.28. The fraction of sp³-hybridized carbons (Fsp3) is 0.533. The fourth-order valence-corrected chi connectivity index (χ4v) is 1.76. The van der Waals surface area contributed by atoms with Gasteiger partial charge in [0, 0.05) is 0 Å². The van der Waals surface area contributed by atoms with Crippen LogP contribution in [0.3, 0.4) is 0 Å². The first-order valence-corrected chi connectivity index (χ1v) is 6.77. The van der Waals surface area contributed by atoms with E-state index >= 15 is 0 Å². The first kappa shape index (κ1) is 15.3. The van der Waals surface area contributed by atoms with E-state index in [1.165, 1.54) is 0 Å². The Morgan fingerprint density at radius 3 is 2.58 bits per heavy atom. The maximum absolute atomic E-state index is 10.7. The van der Waals surface area contributed by atoms with Gasteiger partial charge in [0.1, 0.15) is 0 Å². The van der Waals surface area contributed by atoms with Crippen LogP contribution in [0.4, 0.5) is 0 Å². The third kappa shape index (κ3) is 5.64. The summed E-state index contributed by atoms with van der Waals surface area (Å²) in [4.78, 5) is 10.7. The summed E-state index contributed by atoms with van der Waals surface area (Å²) in [5.41, 5.74) is 0.719. The highest BCUT2D eigenvalue weighted by atomic mass is 16.5. The van der Waals surface area contributed by atoms with Gasteiger partial charge >= 0.3 is 5.97 Å². The van der Waals surface area contributed by atoms with Crippen molar-refractivity contribution in [1.82, 2.24) is 0 Å². The van der Waals surface area contributed by atoms with Crippen LogP contribution in [0.25, 0.3) is 0 Å². The van der Waals surface area contributed by atoms with Gasteiger partial charge in [-0.3, -0.25) is 4.79 Å². The lowest BCUT2D eigenvalue weighted by Crippen LogP contribution is -2.04. The molecule has 0 fully saturated rings. The molecule has 0 saturated carbocycles. The van der Waals surface area contributed by atoms with Crippen molar-refractivity contribution in [3.63, 3.8) is 0 Å². The van der Waals surface area contributed by atoms with E-state index in [0.717, 1.165) is 24.8 Å². The first-order valence-electron chi connectivity index (χ1n) is 6.77. The second-order valence-electron chi connectivity index (χ2n) is 4.34. The van der Waals surface area contributed by atoms with Crippen LogP contribution in [0, 0.1) is 0 Å². The molecule has 0 atom stereocenters. The second-order valence-corrected chi connectivity index (χ2v) is 4.34. The zero-order valence-electron chi connectivity index (χ0n) is 11.6. The highest BCUT2D eigenvalue weighted by molar-refractivity contribution is 5.70. The van der Waals surface area contributed by atoms with E-state index in [0.29, 0.717) is 24.7 Å². The highest BCUT2D eigenvalue weighted by Crippen LogP contribution is 2.29. The van der Waals surface area contributed by atoms with Crippen molar-refractivity contribution in [3.8, 4) is 11.5 Å². The van der Waals surface area contributed by atoms with Crippen LogP contribution in [0.1, 0.15) is 38.7 Å². The number of carboxylic acid groups (broad SMARTS) is 1. The van der Waals surface area contributed by atoms with Crippen molar-refractivity contribution in [2.24, 2.45) is 0 Å². The van der Waals surface area contributed by atoms with Crippen LogP contribution in [-0.2, 0) is 11.2 Å². The quantitative estimate of drug-likeness (QED) is 0.697. The average molecular weight is 266 g/mol. The monoisotopic (exact) mass is 266 g/mol. The molecule has 1 aromatic carbocycles. The molecule has 1 rings (SSSR count). The Kier molecular flexibility index (Phi) is 6.79. The molecule has 0 aromatic heterocycles. The van der Waals surface area contributed by atoms with Gasteiger partial charge in [-0.15, -0.1) is 0 Å². The largest absolute Gasteiger partial charge is 0.490 e. The van der Waals surface area contributed by atoms with Gasteiger partial charge in [0.15, 0.2) is 11.5 Å². The topological polar surface area (TPSA) is 55.8 Å². The number of aliphatic carboxylic acids is 1. The van der Waals surface area contributed by atoms with Gasteiger partial charge in [0.05, 0.1) is 19.6 Å². The van der Waals surface area contributed by atoms with Gasteiger partial charge in [0.2, 0.25) is 0 Å². The van der Waals surface area contributed by atoms with Crippen molar-refractivity contribution in [1.29, 1.82) is 0 Å². The third-order valence-corrected chi connectivity index (χ3v) is 2.67. The minimum absolute atomic E-state index is 0.00378. The Balaban J connectivity index is 2.70. The Hall–Kier alpha value is -1.71. The Morgan fingerprint density at radius 2 is 1.95 bits per heavy atom. The molecular formula is C15H22O4. The summed E-state index contributed by atoms with van der Waals surface area (Å²) in [5.74, 6) is 0.462. The molecule has 0 aliphatic carbocycles. The summed E-state index contributed by atoms with van der Waals surface area (Å²) in [6.07, 6.45) is 3.30. The summed E-state index contributed by atoms with van der Waals surface area (Å²) >= 11 is 0. The van der Waals surface area contributed by atoms with E-state index in [2.05, 4.69) is 6.92 Å². The zero-order valence-corrected chi connectivity index (χ0v) is 11.6. The molecule has 0 aliphatic rings. The maximum atomic E-state index is 10.7. The smallest absolute Gasteiger partial charge is 0.307 e.